The third kappa shape index (κ3) is 2.78. The van der Waals surface area contributed by atoms with Crippen LogP contribution in [0.3, 0.4) is 0 Å². The van der Waals surface area contributed by atoms with E-state index in [4.69, 9.17) is 4.74 Å². The van der Waals surface area contributed by atoms with E-state index < -0.39 is 0 Å². The van der Waals surface area contributed by atoms with Crippen molar-refractivity contribution >= 4 is 23.3 Å². The number of carbonyl (C=O) groups is 2. The highest BCUT2D eigenvalue weighted by Crippen LogP contribution is 2.30. The Kier molecular flexibility index (Phi) is 3.57. The third-order valence-corrected chi connectivity index (χ3v) is 4.28. The van der Waals surface area contributed by atoms with Gasteiger partial charge in [0.1, 0.15) is 5.75 Å². The number of nitrogens with one attached hydrogen (secondary N) is 2. The fourth-order valence-corrected chi connectivity index (χ4v) is 3.02. The molecule has 2 aromatic carbocycles. The van der Waals surface area contributed by atoms with Gasteiger partial charge in [0.05, 0.1) is 5.69 Å². The van der Waals surface area contributed by atoms with Crippen LogP contribution in [0.1, 0.15) is 11.1 Å². The van der Waals surface area contributed by atoms with E-state index in [2.05, 4.69) is 22.8 Å². The van der Waals surface area contributed by atoms with Gasteiger partial charge in [-0.3, -0.25) is 4.79 Å². The summed E-state index contributed by atoms with van der Waals surface area (Å²) in [6, 6.07) is 13.3. The van der Waals surface area contributed by atoms with Crippen molar-refractivity contribution in [3.05, 3.63) is 53.6 Å². The summed E-state index contributed by atoms with van der Waals surface area (Å²) < 4.78 is 5.37. The molecule has 4 rings (SSSR count). The molecule has 2 aliphatic heterocycles. The summed E-state index contributed by atoms with van der Waals surface area (Å²) >= 11 is 0. The maximum Gasteiger partial charge on any atom is 0.322 e. The molecule has 0 fully saturated rings. The van der Waals surface area contributed by atoms with Crippen LogP contribution in [0, 0.1) is 0 Å². The highest BCUT2D eigenvalue weighted by molar-refractivity contribution is 5.96. The molecule has 122 valence electrons. The largest absolute Gasteiger partial charge is 0.482 e. The summed E-state index contributed by atoms with van der Waals surface area (Å²) in [5.74, 6) is 0.391. The van der Waals surface area contributed by atoms with Crippen molar-refractivity contribution in [1.82, 2.24) is 4.90 Å². The average molecular weight is 323 g/mol. The first-order valence-electron chi connectivity index (χ1n) is 7.88. The minimum Gasteiger partial charge on any atom is -0.482 e. The zero-order valence-corrected chi connectivity index (χ0v) is 13.0. The molecule has 3 amide bonds. The summed E-state index contributed by atoms with van der Waals surface area (Å²) in [7, 11) is 0. The summed E-state index contributed by atoms with van der Waals surface area (Å²) in [5.41, 5.74) is 3.76. The number of fused-ring (bicyclic) bond motifs is 2. The number of amides is 3. The number of rotatable bonds is 1. The molecule has 0 atom stereocenters. The molecule has 0 radical (unpaired) electrons. The first-order valence-corrected chi connectivity index (χ1v) is 7.88. The minimum absolute atomic E-state index is 0.00664. The normalized spacial score (nSPS) is 15.7. The second-order valence-electron chi connectivity index (χ2n) is 5.92. The number of carbonyl (C=O) groups excluding carboxylic acids is 2. The zero-order chi connectivity index (χ0) is 16.5. The van der Waals surface area contributed by atoms with Crippen LogP contribution >= 0.6 is 0 Å². The van der Waals surface area contributed by atoms with Crippen molar-refractivity contribution in [3.8, 4) is 5.75 Å². The van der Waals surface area contributed by atoms with Gasteiger partial charge >= 0.3 is 6.03 Å². The first kappa shape index (κ1) is 14.6. The highest BCUT2D eigenvalue weighted by atomic mass is 16.5. The van der Waals surface area contributed by atoms with Crippen molar-refractivity contribution in [2.24, 2.45) is 0 Å². The molecule has 0 aromatic heterocycles. The molecule has 6 nitrogen and oxygen atoms in total. The quantitative estimate of drug-likeness (QED) is 0.847. The maximum absolute atomic E-state index is 12.5. The first-order chi connectivity index (χ1) is 11.7. The number of hydrogen-bond donors (Lipinski definition) is 2. The predicted molar refractivity (Wildman–Crippen MR) is 90.1 cm³/mol. The fraction of sp³-hybridized carbons (Fsp3) is 0.222. The second-order valence-corrected chi connectivity index (χ2v) is 5.92. The number of nitrogens with zero attached hydrogens (tertiary/aromatic N) is 1. The molecule has 2 aliphatic rings. The van der Waals surface area contributed by atoms with Gasteiger partial charge in [-0.15, -0.1) is 0 Å². The fourth-order valence-electron chi connectivity index (χ4n) is 3.02. The van der Waals surface area contributed by atoms with E-state index in [1.165, 1.54) is 11.1 Å². The number of anilines is 2. The Morgan fingerprint density at radius 3 is 2.88 bits per heavy atom. The molecule has 0 aliphatic carbocycles. The van der Waals surface area contributed by atoms with E-state index in [0.717, 1.165) is 6.42 Å². The molecule has 0 saturated heterocycles. The molecule has 6 heteroatoms. The third-order valence-electron chi connectivity index (χ3n) is 4.28. The van der Waals surface area contributed by atoms with Gasteiger partial charge in [-0.05, 0) is 29.7 Å². The van der Waals surface area contributed by atoms with Crippen molar-refractivity contribution in [1.29, 1.82) is 0 Å². The van der Waals surface area contributed by atoms with Gasteiger partial charge in [0, 0.05) is 24.8 Å². The van der Waals surface area contributed by atoms with Crippen LogP contribution in [0.5, 0.6) is 5.75 Å². The molecule has 0 unspecified atom stereocenters. The van der Waals surface area contributed by atoms with Gasteiger partial charge in [0.15, 0.2) is 6.61 Å². The predicted octanol–water partition coefficient (Wildman–Crippen LogP) is 2.61. The lowest BCUT2D eigenvalue weighted by atomic mass is 10.0. The molecule has 2 aromatic rings. The van der Waals surface area contributed by atoms with E-state index in [0.29, 0.717) is 30.2 Å². The van der Waals surface area contributed by atoms with E-state index in [1.54, 1.807) is 23.1 Å². The molecular weight excluding hydrogens is 306 g/mol. The summed E-state index contributed by atoms with van der Waals surface area (Å²) in [6.45, 7) is 1.30. The van der Waals surface area contributed by atoms with Crippen molar-refractivity contribution < 1.29 is 14.3 Å². The zero-order valence-electron chi connectivity index (χ0n) is 13.0. The van der Waals surface area contributed by atoms with Crippen LogP contribution in [0.15, 0.2) is 42.5 Å². The Morgan fingerprint density at radius 2 is 2.00 bits per heavy atom. The van der Waals surface area contributed by atoms with Crippen LogP contribution in [0.2, 0.25) is 0 Å². The van der Waals surface area contributed by atoms with Gasteiger partial charge in [0.2, 0.25) is 0 Å². The number of hydrogen-bond acceptors (Lipinski definition) is 3. The van der Waals surface area contributed by atoms with E-state index in [-0.39, 0.29) is 18.5 Å². The second kappa shape index (κ2) is 5.88. The minimum atomic E-state index is -0.175. The molecule has 2 heterocycles. The van der Waals surface area contributed by atoms with E-state index in [9.17, 15) is 9.59 Å². The van der Waals surface area contributed by atoms with Crippen LogP contribution in [0.4, 0.5) is 16.2 Å². The lowest BCUT2D eigenvalue weighted by molar-refractivity contribution is -0.118. The Hall–Kier alpha value is -3.02. The van der Waals surface area contributed by atoms with Gasteiger partial charge in [0.25, 0.3) is 5.91 Å². The molecule has 0 bridgehead atoms. The molecule has 0 spiro atoms. The summed E-state index contributed by atoms with van der Waals surface area (Å²) in [4.78, 5) is 25.6. The molecule has 2 N–H and O–H groups in total. The SMILES string of the molecule is O=C1COc2cc(NC(=O)N3CCc4ccccc4C3)ccc2N1. The monoisotopic (exact) mass is 323 g/mol. The summed E-state index contributed by atoms with van der Waals surface area (Å²) in [6.07, 6.45) is 0.864. The van der Waals surface area contributed by atoms with Crippen molar-refractivity contribution in [2.75, 3.05) is 23.8 Å². The number of ether oxygens (including phenoxy) is 1. The van der Waals surface area contributed by atoms with Crippen LogP contribution < -0.4 is 15.4 Å². The van der Waals surface area contributed by atoms with Crippen LogP contribution in [-0.4, -0.2) is 30.0 Å². The molecule has 0 saturated carbocycles. The van der Waals surface area contributed by atoms with E-state index >= 15 is 0 Å². The van der Waals surface area contributed by atoms with Crippen molar-refractivity contribution in [3.63, 3.8) is 0 Å². The average Bonchev–Trinajstić information content (AvgIpc) is 2.61. The highest BCUT2D eigenvalue weighted by Gasteiger charge is 2.21. The number of urea groups is 1. The van der Waals surface area contributed by atoms with Crippen LogP contribution in [0.25, 0.3) is 0 Å². The smallest absolute Gasteiger partial charge is 0.322 e. The molecule has 24 heavy (non-hydrogen) atoms. The standard InChI is InChI=1S/C18H17N3O3/c22-17-11-24-16-9-14(5-6-15(16)20-17)19-18(23)21-8-7-12-3-1-2-4-13(12)10-21/h1-6,9H,7-8,10-11H2,(H,19,23)(H,20,22). The Morgan fingerprint density at radius 1 is 1.17 bits per heavy atom. The Labute approximate surface area is 139 Å². The lowest BCUT2D eigenvalue weighted by Crippen LogP contribution is -2.38. The van der Waals surface area contributed by atoms with Gasteiger partial charge < -0.3 is 20.3 Å². The Balaban J connectivity index is 1.46. The van der Waals surface area contributed by atoms with Gasteiger partial charge in [-0.1, -0.05) is 24.3 Å². The molecular formula is C18H17N3O3. The van der Waals surface area contributed by atoms with E-state index in [1.807, 2.05) is 12.1 Å². The van der Waals surface area contributed by atoms with Crippen LogP contribution in [-0.2, 0) is 17.8 Å². The number of benzene rings is 2. The Bertz CT molecular complexity index is 819. The van der Waals surface area contributed by atoms with Gasteiger partial charge in [-0.25, -0.2) is 4.79 Å². The summed E-state index contributed by atoms with van der Waals surface area (Å²) in [5, 5.41) is 5.63. The maximum atomic E-state index is 12.5. The lowest BCUT2D eigenvalue weighted by Gasteiger charge is -2.29. The topological polar surface area (TPSA) is 70.7 Å². The van der Waals surface area contributed by atoms with Crippen molar-refractivity contribution in [2.45, 2.75) is 13.0 Å². The van der Waals surface area contributed by atoms with Gasteiger partial charge in [-0.2, -0.15) is 0 Å².